The Bertz CT molecular complexity index is 442. The molecule has 8 heteroatoms. The highest BCUT2D eigenvalue weighted by molar-refractivity contribution is 6.38. The van der Waals surface area contributed by atoms with Gasteiger partial charge in [0.15, 0.2) is 5.60 Å². The van der Waals surface area contributed by atoms with Gasteiger partial charge in [-0.15, -0.1) is 0 Å². The zero-order valence-electron chi connectivity index (χ0n) is 12.9. The van der Waals surface area contributed by atoms with Crippen LogP contribution in [0.2, 0.25) is 0 Å². The van der Waals surface area contributed by atoms with E-state index in [-0.39, 0.29) is 6.61 Å². The lowest BCUT2D eigenvalue weighted by Gasteiger charge is -2.22. The maximum atomic E-state index is 11.7. The van der Waals surface area contributed by atoms with Crippen molar-refractivity contribution in [3.63, 3.8) is 0 Å². The average molecular weight is 318 g/mol. The van der Waals surface area contributed by atoms with Gasteiger partial charge < -0.3 is 20.1 Å². The molecule has 0 aromatic heterocycles. The van der Waals surface area contributed by atoms with Gasteiger partial charge in [-0.3, -0.25) is 14.4 Å². The molecule has 0 aromatic rings. The number of Topliss-reactive ketones (excluding diaryl/α,β-unsaturated/α-hetero) is 2. The minimum Gasteiger partial charge on any atom is -0.479 e. The third-order valence-corrected chi connectivity index (χ3v) is 3.11. The molecule has 22 heavy (non-hydrogen) atoms. The van der Waals surface area contributed by atoms with Gasteiger partial charge in [0.1, 0.15) is 6.61 Å². The van der Waals surface area contributed by atoms with Crippen LogP contribution in [-0.2, 0) is 23.9 Å². The summed E-state index contributed by atoms with van der Waals surface area (Å²) in [5.41, 5.74) is -2.71. The van der Waals surface area contributed by atoms with Crippen LogP contribution in [0.5, 0.6) is 0 Å². The number of rotatable bonds is 10. The van der Waals surface area contributed by atoms with E-state index in [2.05, 4.69) is 4.74 Å². The van der Waals surface area contributed by atoms with Gasteiger partial charge in [0.25, 0.3) is 0 Å². The normalized spacial score (nSPS) is 16.2. The molecule has 0 aliphatic rings. The van der Waals surface area contributed by atoms with Crippen molar-refractivity contribution in [2.75, 3.05) is 6.61 Å². The summed E-state index contributed by atoms with van der Waals surface area (Å²) >= 11 is 0. The van der Waals surface area contributed by atoms with Crippen molar-refractivity contribution >= 4 is 23.5 Å². The molecular formula is C14H22O8. The Kier molecular flexibility index (Phi) is 7.89. The molecular weight excluding hydrogens is 296 g/mol. The molecule has 0 amide bonds. The maximum Gasteiger partial charge on any atom is 0.336 e. The predicted molar refractivity (Wildman–Crippen MR) is 73.9 cm³/mol. The summed E-state index contributed by atoms with van der Waals surface area (Å²) < 4.78 is 4.55. The molecule has 3 N–H and O–H groups in total. The standard InChI is InChI=1S/C14H22O8/c1-4-8(2)12(18)10(16)5-14(21,13(19)20)6-11(17)22-7-9(3)15/h8-9,15,21H,4-7H2,1-3H3,(H,19,20). The highest BCUT2D eigenvalue weighted by atomic mass is 16.5. The second-order valence-corrected chi connectivity index (χ2v) is 5.32. The van der Waals surface area contributed by atoms with Crippen LogP contribution in [-0.4, -0.2) is 57.1 Å². The summed E-state index contributed by atoms with van der Waals surface area (Å²) in [5, 5.41) is 27.9. The number of carbonyl (C=O) groups is 4. The Hall–Kier alpha value is -1.80. The van der Waals surface area contributed by atoms with Crippen molar-refractivity contribution in [2.24, 2.45) is 5.92 Å². The lowest BCUT2D eigenvalue weighted by Crippen LogP contribution is -2.45. The summed E-state index contributed by atoms with van der Waals surface area (Å²) in [6.07, 6.45) is -2.55. The number of aliphatic carboxylic acids is 1. The second-order valence-electron chi connectivity index (χ2n) is 5.32. The van der Waals surface area contributed by atoms with Gasteiger partial charge in [-0.1, -0.05) is 13.8 Å². The lowest BCUT2D eigenvalue weighted by atomic mass is 9.89. The fourth-order valence-electron chi connectivity index (χ4n) is 1.53. The molecule has 0 spiro atoms. The molecule has 0 saturated heterocycles. The van der Waals surface area contributed by atoms with Crippen LogP contribution in [0.3, 0.4) is 0 Å². The lowest BCUT2D eigenvalue weighted by molar-refractivity contribution is -0.170. The molecule has 0 saturated carbocycles. The highest BCUT2D eigenvalue weighted by Crippen LogP contribution is 2.19. The van der Waals surface area contributed by atoms with Gasteiger partial charge >= 0.3 is 11.9 Å². The first kappa shape index (κ1) is 20.2. The highest BCUT2D eigenvalue weighted by Gasteiger charge is 2.43. The van der Waals surface area contributed by atoms with Crippen LogP contribution in [0, 0.1) is 5.92 Å². The van der Waals surface area contributed by atoms with Gasteiger partial charge in [-0.2, -0.15) is 0 Å². The summed E-state index contributed by atoms with van der Waals surface area (Å²) in [6.45, 7) is 4.18. The van der Waals surface area contributed by atoms with E-state index in [1.807, 2.05) is 0 Å². The third kappa shape index (κ3) is 6.31. The Labute approximate surface area is 128 Å². The summed E-state index contributed by atoms with van der Waals surface area (Å²) in [7, 11) is 0. The molecule has 0 rings (SSSR count). The Morgan fingerprint density at radius 3 is 2.09 bits per heavy atom. The number of ketones is 2. The number of ether oxygens (including phenoxy) is 1. The number of carboxylic acids is 1. The molecule has 0 heterocycles. The number of esters is 1. The van der Waals surface area contributed by atoms with E-state index in [4.69, 9.17) is 10.2 Å². The predicted octanol–water partition coefficient (Wildman–Crippen LogP) is -0.309. The maximum absolute atomic E-state index is 11.7. The second kappa shape index (κ2) is 8.60. The zero-order valence-corrected chi connectivity index (χ0v) is 12.9. The summed E-state index contributed by atoms with van der Waals surface area (Å²) in [5.74, 6) is -5.32. The fourth-order valence-corrected chi connectivity index (χ4v) is 1.53. The van der Waals surface area contributed by atoms with Gasteiger partial charge in [0.05, 0.1) is 18.9 Å². The number of carboxylic acid groups (broad SMARTS) is 1. The Morgan fingerprint density at radius 1 is 1.14 bits per heavy atom. The van der Waals surface area contributed by atoms with Crippen LogP contribution < -0.4 is 0 Å². The van der Waals surface area contributed by atoms with E-state index in [0.717, 1.165) is 0 Å². The summed E-state index contributed by atoms with van der Waals surface area (Å²) in [6, 6.07) is 0. The van der Waals surface area contributed by atoms with Gasteiger partial charge in [-0.25, -0.2) is 4.79 Å². The Balaban J connectivity index is 4.89. The van der Waals surface area contributed by atoms with Crippen molar-refractivity contribution in [1.82, 2.24) is 0 Å². The van der Waals surface area contributed by atoms with E-state index in [0.29, 0.717) is 6.42 Å². The summed E-state index contributed by atoms with van der Waals surface area (Å²) in [4.78, 5) is 46.0. The first-order valence-corrected chi connectivity index (χ1v) is 6.90. The SMILES string of the molecule is CCC(C)C(=O)C(=O)CC(O)(CC(=O)OCC(C)O)C(=O)O. The largest absolute Gasteiger partial charge is 0.479 e. The first-order chi connectivity index (χ1) is 10.0. The van der Waals surface area contributed by atoms with Crippen molar-refractivity contribution in [3.05, 3.63) is 0 Å². The van der Waals surface area contributed by atoms with E-state index >= 15 is 0 Å². The van der Waals surface area contributed by atoms with E-state index in [1.165, 1.54) is 13.8 Å². The van der Waals surface area contributed by atoms with Crippen molar-refractivity contribution in [1.29, 1.82) is 0 Å². The minimum absolute atomic E-state index is 0.367. The molecule has 0 aliphatic heterocycles. The monoisotopic (exact) mass is 318 g/mol. The number of carbonyl (C=O) groups excluding carboxylic acids is 3. The average Bonchev–Trinajstić information content (AvgIpc) is 2.42. The van der Waals surface area contributed by atoms with E-state index < -0.39 is 54.0 Å². The quantitative estimate of drug-likeness (QED) is 0.368. The van der Waals surface area contributed by atoms with Gasteiger partial charge in [-0.05, 0) is 13.3 Å². The molecule has 0 radical (unpaired) electrons. The van der Waals surface area contributed by atoms with Crippen LogP contribution in [0.1, 0.15) is 40.0 Å². The first-order valence-electron chi connectivity index (χ1n) is 6.90. The molecule has 3 unspecified atom stereocenters. The minimum atomic E-state index is -2.71. The van der Waals surface area contributed by atoms with Crippen LogP contribution in [0.25, 0.3) is 0 Å². The molecule has 0 fully saturated rings. The third-order valence-electron chi connectivity index (χ3n) is 3.11. The molecule has 0 aromatic carbocycles. The molecule has 126 valence electrons. The molecule has 0 bridgehead atoms. The van der Waals surface area contributed by atoms with Crippen LogP contribution >= 0.6 is 0 Å². The molecule has 8 nitrogen and oxygen atoms in total. The van der Waals surface area contributed by atoms with Crippen LogP contribution in [0.4, 0.5) is 0 Å². The topological polar surface area (TPSA) is 138 Å². The fraction of sp³-hybridized carbons (Fsp3) is 0.714. The number of hydrogen-bond donors (Lipinski definition) is 3. The van der Waals surface area contributed by atoms with Gasteiger partial charge in [0.2, 0.25) is 11.6 Å². The molecule has 0 aliphatic carbocycles. The van der Waals surface area contributed by atoms with Crippen molar-refractivity contribution < 1.29 is 39.2 Å². The molecule has 3 atom stereocenters. The van der Waals surface area contributed by atoms with Gasteiger partial charge in [0, 0.05) is 5.92 Å². The van der Waals surface area contributed by atoms with E-state index in [1.54, 1.807) is 6.92 Å². The smallest absolute Gasteiger partial charge is 0.336 e. The van der Waals surface area contributed by atoms with Crippen molar-refractivity contribution in [3.8, 4) is 0 Å². The number of aliphatic hydroxyl groups is 2. The Morgan fingerprint density at radius 2 is 1.68 bits per heavy atom. The zero-order chi connectivity index (χ0) is 17.5. The number of hydrogen-bond acceptors (Lipinski definition) is 7. The van der Waals surface area contributed by atoms with E-state index in [9.17, 15) is 24.3 Å². The van der Waals surface area contributed by atoms with Crippen molar-refractivity contribution in [2.45, 2.75) is 51.7 Å². The number of aliphatic hydroxyl groups excluding tert-OH is 1. The van der Waals surface area contributed by atoms with Crippen LogP contribution in [0.15, 0.2) is 0 Å².